The number of Topliss-reactive ketones (excluding diaryl/α,β-unsaturated/α-hetero) is 1. The summed E-state index contributed by atoms with van der Waals surface area (Å²) in [4.78, 5) is 26.5. The fraction of sp³-hybridized carbons (Fsp3) is 0.444. The summed E-state index contributed by atoms with van der Waals surface area (Å²) in [7, 11) is 3.58. The molecule has 1 fully saturated rings. The quantitative estimate of drug-likeness (QED) is 0.870. The van der Waals surface area contributed by atoms with E-state index in [0.29, 0.717) is 36.3 Å². The van der Waals surface area contributed by atoms with Gasteiger partial charge in [0.15, 0.2) is 5.43 Å². The van der Waals surface area contributed by atoms with Crippen LogP contribution in [0.15, 0.2) is 23.0 Å². The number of ether oxygens (including phenoxy) is 1. The van der Waals surface area contributed by atoms with Crippen LogP contribution in [0.2, 0.25) is 0 Å². The van der Waals surface area contributed by atoms with Gasteiger partial charge in [0.25, 0.3) is 0 Å². The highest BCUT2D eigenvalue weighted by molar-refractivity contribution is 5.82. The lowest BCUT2D eigenvalue weighted by Gasteiger charge is -2.26. The van der Waals surface area contributed by atoms with E-state index in [-0.39, 0.29) is 5.43 Å². The van der Waals surface area contributed by atoms with E-state index in [1.165, 1.54) is 0 Å². The Morgan fingerprint density at radius 2 is 1.87 bits per heavy atom. The van der Waals surface area contributed by atoms with Gasteiger partial charge in [-0.2, -0.15) is 0 Å². The van der Waals surface area contributed by atoms with Crippen molar-refractivity contribution in [2.24, 2.45) is 7.05 Å². The first-order valence-electron chi connectivity index (χ1n) is 7.91. The summed E-state index contributed by atoms with van der Waals surface area (Å²) >= 11 is 0. The minimum atomic E-state index is 0.0615. The van der Waals surface area contributed by atoms with Crippen LogP contribution in [-0.2, 0) is 18.4 Å². The fourth-order valence-corrected chi connectivity index (χ4v) is 3.20. The molecular formula is C18H22N2O3. The first kappa shape index (κ1) is 15.7. The van der Waals surface area contributed by atoms with Crippen LogP contribution in [-0.4, -0.2) is 35.4 Å². The number of aryl methyl sites for hydroxylation is 1. The number of hydrogen-bond acceptors (Lipinski definition) is 4. The number of fused-ring (bicyclic) bond motifs is 1. The van der Waals surface area contributed by atoms with Gasteiger partial charge < -0.3 is 9.30 Å². The molecular weight excluding hydrogens is 292 g/mol. The third kappa shape index (κ3) is 2.88. The van der Waals surface area contributed by atoms with Gasteiger partial charge in [0, 0.05) is 56.2 Å². The fourth-order valence-electron chi connectivity index (χ4n) is 3.20. The van der Waals surface area contributed by atoms with Crippen LogP contribution >= 0.6 is 0 Å². The van der Waals surface area contributed by atoms with E-state index in [2.05, 4.69) is 9.47 Å². The van der Waals surface area contributed by atoms with E-state index in [9.17, 15) is 9.59 Å². The molecule has 0 unspecified atom stereocenters. The largest absolute Gasteiger partial charge is 0.497 e. The van der Waals surface area contributed by atoms with Gasteiger partial charge >= 0.3 is 0 Å². The Hall–Kier alpha value is -2.14. The van der Waals surface area contributed by atoms with Crippen molar-refractivity contribution in [2.75, 3.05) is 20.2 Å². The van der Waals surface area contributed by atoms with Crippen LogP contribution in [0, 0.1) is 6.92 Å². The van der Waals surface area contributed by atoms with Gasteiger partial charge in [0.2, 0.25) is 0 Å². The maximum Gasteiger partial charge on any atom is 0.194 e. The Morgan fingerprint density at radius 3 is 2.52 bits per heavy atom. The van der Waals surface area contributed by atoms with Gasteiger partial charge in [-0.3, -0.25) is 14.5 Å². The predicted octanol–water partition coefficient (Wildman–Crippen LogP) is 2.02. The standard InChI is InChI=1S/C18H22N2O3/c1-12-16(11-20-8-6-13(21)7-9-20)18(22)15-10-14(23-3)4-5-17(15)19(12)2/h4-5,10H,6-9,11H2,1-3H3. The Morgan fingerprint density at radius 1 is 1.17 bits per heavy atom. The van der Waals surface area contributed by atoms with Crippen molar-refractivity contribution < 1.29 is 9.53 Å². The van der Waals surface area contributed by atoms with Crippen LogP contribution in [0.4, 0.5) is 0 Å². The van der Waals surface area contributed by atoms with Crippen molar-refractivity contribution in [3.05, 3.63) is 39.7 Å². The Balaban J connectivity index is 2.05. The number of benzene rings is 1. The zero-order valence-corrected chi connectivity index (χ0v) is 13.9. The lowest BCUT2D eigenvalue weighted by Crippen LogP contribution is -2.35. The number of carbonyl (C=O) groups is 1. The zero-order chi connectivity index (χ0) is 16.6. The minimum absolute atomic E-state index is 0.0615. The SMILES string of the molecule is COc1ccc2c(c1)c(=O)c(CN1CCC(=O)CC1)c(C)n2C. The number of carbonyl (C=O) groups excluding carboxylic acids is 1. The molecule has 0 radical (unpaired) electrons. The molecule has 0 aliphatic carbocycles. The van der Waals surface area contributed by atoms with Gasteiger partial charge in [0.1, 0.15) is 11.5 Å². The molecule has 5 nitrogen and oxygen atoms in total. The smallest absolute Gasteiger partial charge is 0.194 e. The molecule has 0 atom stereocenters. The number of piperidine rings is 1. The molecule has 3 rings (SSSR count). The molecule has 1 aliphatic rings. The summed E-state index contributed by atoms with van der Waals surface area (Å²) in [6, 6.07) is 5.60. The van der Waals surface area contributed by atoms with Gasteiger partial charge in [0.05, 0.1) is 12.6 Å². The average molecular weight is 314 g/mol. The van der Waals surface area contributed by atoms with E-state index in [1.54, 1.807) is 13.2 Å². The molecule has 1 aromatic carbocycles. The molecule has 2 aromatic rings. The van der Waals surface area contributed by atoms with Gasteiger partial charge in [-0.25, -0.2) is 0 Å². The molecule has 122 valence electrons. The number of methoxy groups -OCH3 is 1. The first-order chi connectivity index (χ1) is 11.0. The van der Waals surface area contributed by atoms with Gasteiger partial charge in [-0.05, 0) is 25.1 Å². The average Bonchev–Trinajstić information content (AvgIpc) is 2.58. The monoisotopic (exact) mass is 314 g/mol. The molecule has 1 aromatic heterocycles. The van der Waals surface area contributed by atoms with Gasteiger partial charge in [-0.15, -0.1) is 0 Å². The van der Waals surface area contributed by atoms with Crippen molar-refractivity contribution in [3.63, 3.8) is 0 Å². The van der Waals surface area contributed by atoms with E-state index in [4.69, 9.17) is 4.74 Å². The molecule has 1 saturated heterocycles. The van der Waals surface area contributed by atoms with Crippen LogP contribution in [0.3, 0.4) is 0 Å². The lowest BCUT2D eigenvalue weighted by atomic mass is 10.0. The maximum atomic E-state index is 12.9. The van der Waals surface area contributed by atoms with Crippen molar-refractivity contribution in [1.82, 2.24) is 9.47 Å². The summed E-state index contributed by atoms with van der Waals surface area (Å²) in [6.07, 6.45) is 1.17. The molecule has 0 amide bonds. The van der Waals surface area contributed by atoms with Crippen molar-refractivity contribution in [3.8, 4) is 5.75 Å². The molecule has 5 heteroatoms. The van der Waals surface area contributed by atoms with E-state index in [1.807, 2.05) is 26.1 Å². The summed E-state index contributed by atoms with van der Waals surface area (Å²) in [5.74, 6) is 1.00. The zero-order valence-electron chi connectivity index (χ0n) is 13.9. The maximum absolute atomic E-state index is 12.9. The summed E-state index contributed by atoms with van der Waals surface area (Å²) < 4.78 is 7.31. The molecule has 0 N–H and O–H groups in total. The first-order valence-corrected chi connectivity index (χ1v) is 7.91. The highest BCUT2D eigenvalue weighted by atomic mass is 16.5. The van der Waals surface area contributed by atoms with E-state index in [0.717, 1.165) is 29.9 Å². The second kappa shape index (κ2) is 6.16. The Bertz CT molecular complexity index is 813. The van der Waals surface area contributed by atoms with Gasteiger partial charge in [-0.1, -0.05) is 0 Å². The normalized spacial score (nSPS) is 16.0. The van der Waals surface area contributed by atoms with Crippen molar-refractivity contribution in [1.29, 1.82) is 0 Å². The molecule has 23 heavy (non-hydrogen) atoms. The van der Waals surface area contributed by atoms with Crippen LogP contribution in [0.25, 0.3) is 10.9 Å². The third-order valence-electron chi connectivity index (χ3n) is 4.82. The minimum Gasteiger partial charge on any atom is -0.497 e. The molecule has 0 saturated carbocycles. The number of rotatable bonds is 3. The summed E-state index contributed by atoms with van der Waals surface area (Å²) in [6.45, 7) is 4.05. The van der Waals surface area contributed by atoms with Crippen molar-refractivity contribution in [2.45, 2.75) is 26.3 Å². The van der Waals surface area contributed by atoms with Crippen molar-refractivity contribution >= 4 is 16.7 Å². The number of likely N-dealkylation sites (tertiary alicyclic amines) is 1. The van der Waals surface area contributed by atoms with Crippen LogP contribution in [0.5, 0.6) is 5.75 Å². The van der Waals surface area contributed by atoms with E-state index < -0.39 is 0 Å². The Labute approximate surface area is 135 Å². The second-order valence-electron chi connectivity index (χ2n) is 6.15. The predicted molar refractivity (Wildman–Crippen MR) is 90.0 cm³/mol. The second-order valence-corrected chi connectivity index (χ2v) is 6.15. The topological polar surface area (TPSA) is 51.5 Å². The summed E-state index contributed by atoms with van der Waals surface area (Å²) in [5, 5.41) is 0.681. The summed E-state index contributed by atoms with van der Waals surface area (Å²) in [5.41, 5.74) is 2.75. The molecule has 2 heterocycles. The van der Waals surface area contributed by atoms with Crippen LogP contribution in [0.1, 0.15) is 24.1 Å². The third-order valence-corrected chi connectivity index (χ3v) is 4.82. The van der Waals surface area contributed by atoms with E-state index >= 15 is 0 Å². The molecule has 0 bridgehead atoms. The number of aromatic nitrogens is 1. The highest BCUT2D eigenvalue weighted by Gasteiger charge is 2.20. The number of pyridine rings is 1. The number of nitrogens with zero attached hydrogens (tertiary/aromatic N) is 2. The lowest BCUT2D eigenvalue weighted by molar-refractivity contribution is -0.121. The number of hydrogen-bond donors (Lipinski definition) is 0. The molecule has 1 aliphatic heterocycles. The Kier molecular flexibility index (Phi) is 4.22. The van der Waals surface area contributed by atoms with Crippen LogP contribution < -0.4 is 10.2 Å². The molecule has 0 spiro atoms. The number of ketones is 1. The highest BCUT2D eigenvalue weighted by Crippen LogP contribution is 2.21.